The molecular formula is C20H20N4O4. The van der Waals surface area contributed by atoms with Crippen LogP contribution < -0.4 is 24.8 Å². The second kappa shape index (κ2) is 7.91. The van der Waals surface area contributed by atoms with E-state index in [-0.39, 0.29) is 12.1 Å². The number of nitrogens with one attached hydrogen (secondary N) is 2. The van der Waals surface area contributed by atoms with Crippen LogP contribution >= 0.6 is 0 Å². The van der Waals surface area contributed by atoms with Gasteiger partial charge in [-0.3, -0.25) is 4.68 Å². The van der Waals surface area contributed by atoms with Crippen LogP contribution in [0, 0.1) is 0 Å². The predicted molar refractivity (Wildman–Crippen MR) is 104 cm³/mol. The highest BCUT2D eigenvalue weighted by Gasteiger charge is 2.21. The molecule has 0 spiro atoms. The molecule has 0 radical (unpaired) electrons. The number of anilines is 2. The van der Waals surface area contributed by atoms with E-state index < -0.39 is 0 Å². The van der Waals surface area contributed by atoms with Gasteiger partial charge in [-0.2, -0.15) is 5.10 Å². The van der Waals surface area contributed by atoms with Crippen molar-refractivity contribution >= 4 is 17.4 Å². The number of hydrogen-bond donors (Lipinski definition) is 2. The van der Waals surface area contributed by atoms with E-state index in [2.05, 4.69) is 15.7 Å². The number of hydrogen-bond acceptors (Lipinski definition) is 5. The van der Waals surface area contributed by atoms with Crippen molar-refractivity contribution in [1.29, 1.82) is 0 Å². The number of carbonyl (C=O) groups is 1. The van der Waals surface area contributed by atoms with Crippen molar-refractivity contribution in [3.05, 3.63) is 60.9 Å². The van der Waals surface area contributed by atoms with E-state index in [4.69, 9.17) is 14.2 Å². The van der Waals surface area contributed by atoms with Gasteiger partial charge >= 0.3 is 6.03 Å². The van der Waals surface area contributed by atoms with E-state index in [0.717, 1.165) is 11.5 Å². The Morgan fingerprint density at radius 3 is 2.86 bits per heavy atom. The fourth-order valence-corrected chi connectivity index (χ4v) is 2.88. The van der Waals surface area contributed by atoms with Crippen LogP contribution in [0.2, 0.25) is 0 Å². The third kappa shape index (κ3) is 4.17. The first-order chi connectivity index (χ1) is 13.7. The number of ether oxygens (including phenoxy) is 3. The lowest BCUT2D eigenvalue weighted by Crippen LogP contribution is -2.33. The molecule has 1 atom stereocenters. The standard InChI is InChI=1S/C20H20N4O4/c1-26-16-6-4-5-14(9-16)22-20(25)23-15-10-21-24(11-15)12-17-13-27-18-7-2-3-8-19(18)28-17/h2-11,17H,12-13H2,1H3,(H2,22,23,25). The van der Waals surface area contributed by atoms with Gasteiger partial charge in [-0.05, 0) is 24.3 Å². The molecule has 2 N–H and O–H groups in total. The van der Waals surface area contributed by atoms with Crippen molar-refractivity contribution in [3.63, 3.8) is 0 Å². The zero-order chi connectivity index (χ0) is 19.3. The van der Waals surface area contributed by atoms with Crippen LogP contribution in [-0.2, 0) is 6.54 Å². The Bertz CT molecular complexity index is 972. The van der Waals surface area contributed by atoms with Gasteiger partial charge in [0.15, 0.2) is 17.6 Å². The number of nitrogens with zero attached hydrogens (tertiary/aromatic N) is 2. The van der Waals surface area contributed by atoms with Crippen molar-refractivity contribution in [1.82, 2.24) is 9.78 Å². The number of amides is 2. The first-order valence-corrected chi connectivity index (χ1v) is 8.82. The van der Waals surface area contributed by atoms with Gasteiger partial charge < -0.3 is 24.8 Å². The molecule has 28 heavy (non-hydrogen) atoms. The molecule has 2 amide bonds. The zero-order valence-corrected chi connectivity index (χ0v) is 15.3. The molecule has 1 aliphatic rings. The first kappa shape index (κ1) is 17.7. The predicted octanol–water partition coefficient (Wildman–Crippen LogP) is 3.38. The maximum Gasteiger partial charge on any atom is 0.323 e. The molecule has 3 aromatic rings. The molecule has 0 aliphatic carbocycles. The minimum atomic E-state index is -0.362. The summed E-state index contributed by atoms with van der Waals surface area (Å²) in [7, 11) is 1.58. The number of carbonyl (C=O) groups excluding carboxylic acids is 1. The average molecular weight is 380 g/mol. The third-order valence-corrected chi connectivity index (χ3v) is 4.18. The van der Waals surface area contributed by atoms with Crippen LogP contribution in [0.3, 0.4) is 0 Å². The Labute approximate surface area is 162 Å². The maximum atomic E-state index is 12.2. The van der Waals surface area contributed by atoms with Crippen LogP contribution in [0.1, 0.15) is 0 Å². The molecule has 8 heteroatoms. The van der Waals surface area contributed by atoms with Gasteiger partial charge in [-0.25, -0.2) is 4.79 Å². The van der Waals surface area contributed by atoms with E-state index >= 15 is 0 Å². The lowest BCUT2D eigenvalue weighted by atomic mass is 10.2. The highest BCUT2D eigenvalue weighted by Crippen LogP contribution is 2.31. The van der Waals surface area contributed by atoms with Gasteiger partial charge in [0.05, 0.1) is 25.5 Å². The van der Waals surface area contributed by atoms with E-state index in [0.29, 0.717) is 30.3 Å². The van der Waals surface area contributed by atoms with Crippen molar-refractivity contribution in [3.8, 4) is 17.2 Å². The lowest BCUT2D eigenvalue weighted by molar-refractivity contribution is 0.0759. The number of urea groups is 1. The van der Waals surface area contributed by atoms with Crippen LogP contribution in [0.5, 0.6) is 17.2 Å². The number of aromatic nitrogens is 2. The SMILES string of the molecule is COc1cccc(NC(=O)Nc2cnn(CC3COc4ccccc4O3)c2)c1. The zero-order valence-electron chi connectivity index (χ0n) is 15.3. The van der Waals surface area contributed by atoms with Crippen LogP contribution in [0.15, 0.2) is 60.9 Å². The third-order valence-electron chi connectivity index (χ3n) is 4.18. The minimum Gasteiger partial charge on any atom is -0.497 e. The van der Waals surface area contributed by atoms with Crippen LogP contribution in [0.4, 0.5) is 16.2 Å². The van der Waals surface area contributed by atoms with Crippen molar-refractivity contribution in [2.24, 2.45) is 0 Å². The summed E-state index contributed by atoms with van der Waals surface area (Å²) in [6, 6.07) is 14.3. The molecule has 144 valence electrons. The summed E-state index contributed by atoms with van der Waals surface area (Å²) in [6.45, 7) is 0.948. The molecule has 2 aromatic carbocycles. The topological polar surface area (TPSA) is 86.6 Å². The van der Waals surface area contributed by atoms with Gasteiger partial charge in [-0.1, -0.05) is 18.2 Å². The van der Waals surface area contributed by atoms with Crippen molar-refractivity contribution in [2.45, 2.75) is 12.6 Å². The molecule has 0 fully saturated rings. The second-order valence-corrected chi connectivity index (χ2v) is 6.26. The van der Waals surface area contributed by atoms with Gasteiger partial charge in [-0.15, -0.1) is 0 Å². The molecule has 1 aromatic heterocycles. The van der Waals surface area contributed by atoms with Crippen LogP contribution in [-0.4, -0.2) is 35.6 Å². The van der Waals surface area contributed by atoms with Crippen molar-refractivity contribution in [2.75, 3.05) is 24.4 Å². The van der Waals surface area contributed by atoms with Gasteiger partial charge in [0.2, 0.25) is 0 Å². The van der Waals surface area contributed by atoms with E-state index in [1.165, 1.54) is 0 Å². The molecule has 0 bridgehead atoms. The summed E-state index contributed by atoms with van der Waals surface area (Å²) in [4.78, 5) is 12.2. The minimum absolute atomic E-state index is 0.159. The normalized spacial score (nSPS) is 15.0. The van der Waals surface area contributed by atoms with Gasteiger partial charge in [0.25, 0.3) is 0 Å². The highest BCUT2D eigenvalue weighted by molar-refractivity contribution is 5.99. The summed E-state index contributed by atoms with van der Waals surface area (Å²) in [6.07, 6.45) is 3.17. The Morgan fingerprint density at radius 2 is 2.00 bits per heavy atom. The molecule has 1 aliphatic heterocycles. The number of methoxy groups -OCH3 is 1. The molecule has 0 saturated carbocycles. The summed E-state index contributed by atoms with van der Waals surface area (Å²) < 4.78 is 18.5. The van der Waals surface area contributed by atoms with Gasteiger partial charge in [0.1, 0.15) is 12.4 Å². The highest BCUT2D eigenvalue weighted by atomic mass is 16.6. The smallest absolute Gasteiger partial charge is 0.323 e. The van der Waals surface area contributed by atoms with Crippen LogP contribution in [0.25, 0.3) is 0 Å². The monoisotopic (exact) mass is 380 g/mol. The summed E-state index contributed by atoms with van der Waals surface area (Å²) in [5, 5.41) is 9.78. The molecule has 2 heterocycles. The summed E-state index contributed by atoms with van der Waals surface area (Å²) in [5.41, 5.74) is 1.22. The van der Waals surface area contributed by atoms with Gasteiger partial charge in [0, 0.05) is 18.0 Å². The first-order valence-electron chi connectivity index (χ1n) is 8.82. The largest absolute Gasteiger partial charge is 0.497 e. The number of benzene rings is 2. The Hall–Kier alpha value is -3.68. The lowest BCUT2D eigenvalue weighted by Gasteiger charge is -2.26. The Balaban J connectivity index is 1.32. The van der Waals surface area contributed by atoms with E-state index in [1.807, 2.05) is 30.3 Å². The number of fused-ring (bicyclic) bond motifs is 1. The fourth-order valence-electron chi connectivity index (χ4n) is 2.88. The molecule has 4 rings (SSSR count). The fraction of sp³-hybridized carbons (Fsp3) is 0.200. The van der Waals surface area contributed by atoms with E-state index in [9.17, 15) is 4.79 Å². The Kier molecular flexibility index (Phi) is 5.01. The molecular weight excluding hydrogens is 360 g/mol. The van der Waals surface area contributed by atoms with E-state index in [1.54, 1.807) is 42.4 Å². The quantitative estimate of drug-likeness (QED) is 0.709. The number of rotatable bonds is 5. The number of para-hydroxylation sites is 2. The molecule has 0 saturated heterocycles. The summed E-state index contributed by atoms with van der Waals surface area (Å²) >= 11 is 0. The second-order valence-electron chi connectivity index (χ2n) is 6.26. The molecule has 8 nitrogen and oxygen atoms in total. The maximum absolute atomic E-state index is 12.2. The summed E-state index contributed by atoms with van der Waals surface area (Å²) in [5.74, 6) is 2.14. The molecule has 1 unspecified atom stereocenters. The van der Waals surface area contributed by atoms with Crippen molar-refractivity contribution < 1.29 is 19.0 Å². The Morgan fingerprint density at radius 1 is 1.18 bits per heavy atom. The average Bonchev–Trinajstić information content (AvgIpc) is 3.14.